The van der Waals surface area contributed by atoms with E-state index in [2.05, 4.69) is 24.3 Å². The van der Waals surface area contributed by atoms with Gasteiger partial charge in [0.2, 0.25) is 0 Å². The Balaban J connectivity index is 0.000000810. The molecule has 10 heavy (non-hydrogen) atoms. The van der Waals surface area contributed by atoms with Crippen molar-refractivity contribution in [3.63, 3.8) is 0 Å². The van der Waals surface area contributed by atoms with E-state index in [1.54, 1.807) is 0 Å². The molecule has 0 spiro atoms. The van der Waals surface area contributed by atoms with Crippen LogP contribution >= 0.6 is 9.07 Å². The smallest absolute Gasteiger partial charge is 0.345 e. The molecule has 0 heterocycles. The predicted molar refractivity (Wildman–Crippen MR) is 41.8 cm³/mol. The summed E-state index contributed by atoms with van der Waals surface area (Å²) in [5, 5.41) is 0. The molecular weight excluding hydrogens is 322 g/mol. The molecule has 0 fully saturated rings. The van der Waals surface area contributed by atoms with E-state index in [1.165, 1.54) is 5.56 Å². The number of halogens is 1. The summed E-state index contributed by atoms with van der Waals surface area (Å²) >= 11 is -0.312. The largest absolute Gasteiger partial charge is 0.505 e. The van der Waals surface area contributed by atoms with E-state index in [9.17, 15) is 0 Å². The van der Waals surface area contributed by atoms with Crippen molar-refractivity contribution in [3.05, 3.63) is 35.9 Å². The van der Waals surface area contributed by atoms with Gasteiger partial charge >= 0.3 is 19.3 Å². The van der Waals surface area contributed by atoms with Gasteiger partial charge in [-0.2, -0.15) is 0 Å². The van der Waals surface area contributed by atoms with Gasteiger partial charge in [0.15, 0.2) is 0 Å². The van der Waals surface area contributed by atoms with Crippen molar-refractivity contribution in [3.8, 4) is 0 Å². The molecule has 0 radical (unpaired) electrons. The molecule has 0 aliphatic rings. The summed E-state index contributed by atoms with van der Waals surface area (Å²) in [7, 11) is 5.67. The third-order valence-corrected chi connectivity index (χ3v) is 2.56. The molecule has 0 bridgehead atoms. The van der Waals surface area contributed by atoms with Gasteiger partial charge < -0.3 is 9.07 Å². The minimum Gasteiger partial charge on any atom is -0.345 e. The molecule has 0 nitrogen and oxygen atoms in total. The Kier molecular flexibility index (Phi) is 7.62. The van der Waals surface area contributed by atoms with Crippen LogP contribution in [0.4, 0.5) is 0 Å². The van der Waals surface area contributed by atoms with Crippen LogP contribution in [-0.2, 0) is 30.4 Å². The average molecular weight is 329 g/mol. The van der Waals surface area contributed by atoms with Gasteiger partial charge in [-0.3, -0.25) is 0 Å². The van der Waals surface area contributed by atoms with E-state index >= 15 is 0 Å². The first-order valence-corrected chi connectivity index (χ1v) is 6.17. The fraction of sp³-hybridized carbons (Fsp3) is 0.143. The van der Waals surface area contributed by atoms with Crippen LogP contribution in [0, 0.1) is 0 Å². The van der Waals surface area contributed by atoms with Crippen LogP contribution in [0.5, 0.6) is 0 Å². The quantitative estimate of drug-likeness (QED) is 0.729. The van der Waals surface area contributed by atoms with E-state index in [4.69, 9.17) is 9.07 Å². The van der Waals surface area contributed by atoms with Crippen molar-refractivity contribution in [2.75, 3.05) is 0 Å². The fourth-order valence-electron chi connectivity index (χ4n) is 0.754. The van der Waals surface area contributed by atoms with Gasteiger partial charge in [-0.1, -0.05) is 40.4 Å². The first-order valence-electron chi connectivity index (χ1n) is 3.03. The molecule has 0 amide bonds. The predicted octanol–water partition coefficient (Wildman–Crippen LogP) is 2.04. The van der Waals surface area contributed by atoms with Crippen molar-refractivity contribution in [1.82, 2.24) is 0 Å². The third kappa shape index (κ3) is 4.11. The van der Waals surface area contributed by atoms with Crippen molar-refractivity contribution >= 4 is 28.3 Å². The normalized spacial score (nSPS) is 7.70. The molecule has 0 aliphatic carbocycles. The Morgan fingerprint density at radius 1 is 1.20 bits per heavy atom. The van der Waals surface area contributed by atoms with E-state index in [0.29, 0.717) is 0 Å². The van der Waals surface area contributed by atoms with Gasteiger partial charge in [-0.25, -0.2) is 0 Å². The summed E-state index contributed by atoms with van der Waals surface area (Å²) < 4.78 is 1.11. The maximum Gasteiger partial charge on any atom is 0.505 e. The van der Waals surface area contributed by atoms with Crippen LogP contribution in [0.2, 0.25) is 0 Å². The molecule has 1 aromatic rings. The van der Waals surface area contributed by atoms with E-state index in [0.717, 1.165) is 4.55 Å². The van der Waals surface area contributed by atoms with Gasteiger partial charge in [0, 0.05) is 25.8 Å². The molecule has 0 aliphatic heterocycles. The second-order valence-electron chi connectivity index (χ2n) is 1.92. The Morgan fingerprint density at radius 2 is 1.80 bits per heavy atom. The zero-order valence-corrected chi connectivity index (χ0v) is 11.4. The summed E-state index contributed by atoms with van der Waals surface area (Å²) in [6, 6.07) is 10.4. The summed E-state index contributed by atoms with van der Waals surface area (Å²) in [4.78, 5) is 0. The minimum atomic E-state index is -0.312. The molecule has 0 saturated heterocycles. The van der Waals surface area contributed by atoms with Crippen LogP contribution in [0.15, 0.2) is 30.3 Å². The Morgan fingerprint density at radius 3 is 2.30 bits per heavy atom. The number of hydrogen-bond donors (Lipinski definition) is 0. The molecule has 1 aromatic carbocycles. The number of hydrogen-bond acceptors (Lipinski definition) is 0. The maximum absolute atomic E-state index is 5.67. The zero-order chi connectivity index (χ0) is 6.53. The van der Waals surface area contributed by atoms with Gasteiger partial charge in [0.1, 0.15) is 0 Å². The fourth-order valence-corrected chi connectivity index (χ4v) is 1.96. The van der Waals surface area contributed by atoms with E-state index in [-0.39, 0.29) is 45.1 Å². The molecule has 0 atom stereocenters. The first-order chi connectivity index (χ1) is 4.43. The van der Waals surface area contributed by atoms with Crippen LogP contribution in [0.25, 0.3) is 0 Å². The second kappa shape index (κ2) is 6.83. The molecule has 0 aromatic heterocycles. The monoisotopic (exact) mass is 330 g/mol. The summed E-state index contributed by atoms with van der Waals surface area (Å²) in [6.45, 7) is 0. The van der Waals surface area contributed by atoms with E-state index < -0.39 is 0 Å². The van der Waals surface area contributed by atoms with Crippen LogP contribution in [0.3, 0.4) is 0 Å². The molecule has 0 N–H and O–H groups in total. The Hall–Kier alpha value is 1.15. The van der Waals surface area contributed by atoms with E-state index in [1.807, 2.05) is 6.07 Å². The number of benzene rings is 1. The minimum absolute atomic E-state index is 0. The van der Waals surface area contributed by atoms with Gasteiger partial charge in [0.25, 0.3) is 0 Å². The zero-order valence-electron chi connectivity index (χ0n) is 5.68. The van der Waals surface area contributed by atoms with Gasteiger partial charge in [-0.15, -0.1) is 0 Å². The SMILES string of the molecule is [Cl][Mg][CH2]c1ccccc1.[Hf]. The molecule has 0 saturated carbocycles. The van der Waals surface area contributed by atoms with Crippen LogP contribution < -0.4 is 0 Å². The summed E-state index contributed by atoms with van der Waals surface area (Å²) in [6.07, 6.45) is 0. The van der Waals surface area contributed by atoms with Crippen LogP contribution in [-0.4, -0.2) is 19.3 Å². The average Bonchev–Trinajstić information content (AvgIpc) is 1.91. The van der Waals surface area contributed by atoms with Crippen molar-refractivity contribution in [2.24, 2.45) is 0 Å². The van der Waals surface area contributed by atoms with Crippen molar-refractivity contribution in [1.29, 1.82) is 0 Å². The van der Waals surface area contributed by atoms with Crippen LogP contribution in [0.1, 0.15) is 5.56 Å². The second-order valence-corrected chi connectivity index (χ2v) is 3.94. The van der Waals surface area contributed by atoms with Gasteiger partial charge in [-0.05, 0) is 0 Å². The maximum atomic E-state index is 5.67. The van der Waals surface area contributed by atoms with Gasteiger partial charge in [0.05, 0.1) is 0 Å². The molecule has 48 valence electrons. The topological polar surface area (TPSA) is 0 Å². The number of rotatable bonds is 2. The first kappa shape index (κ1) is 11.1. The summed E-state index contributed by atoms with van der Waals surface area (Å²) in [5.74, 6) is 0. The standard InChI is InChI=1S/C7H7.ClH.Hf.Mg/c1-7-5-3-2-4-6-7;;;/h2-6H,1H2;1H;;/q;;;+1/p-1. The molecule has 0 unspecified atom stereocenters. The summed E-state index contributed by atoms with van der Waals surface area (Å²) in [5.41, 5.74) is 1.37. The van der Waals surface area contributed by atoms with Crippen molar-refractivity contribution < 1.29 is 25.8 Å². The molecule has 3 heteroatoms. The Bertz CT molecular complexity index is 167. The molecular formula is C7H7ClHfMg. The third-order valence-electron chi connectivity index (χ3n) is 1.23. The molecule has 1 rings (SSSR count). The Labute approximate surface area is 93.6 Å². The van der Waals surface area contributed by atoms with Crippen molar-refractivity contribution in [2.45, 2.75) is 4.55 Å².